The summed E-state index contributed by atoms with van der Waals surface area (Å²) in [5.41, 5.74) is 21.6. The van der Waals surface area contributed by atoms with Crippen molar-refractivity contribution in [1.29, 1.82) is 0 Å². The van der Waals surface area contributed by atoms with Crippen molar-refractivity contribution >= 4 is 49.6 Å². The Hall–Kier alpha value is -8.72. The molecule has 312 valence electrons. The van der Waals surface area contributed by atoms with E-state index in [4.69, 9.17) is 0 Å². The van der Waals surface area contributed by atoms with Crippen LogP contribution in [-0.2, 0) is 5.41 Å². The third-order valence-corrected chi connectivity index (χ3v) is 14.6. The molecule has 0 saturated carbocycles. The predicted octanol–water partition coefficient (Wildman–Crippen LogP) is 17.1. The van der Waals surface area contributed by atoms with Crippen LogP contribution in [0.3, 0.4) is 0 Å². The molecule has 2 aliphatic rings. The Bertz CT molecular complexity index is 3870. The summed E-state index contributed by atoms with van der Waals surface area (Å²) in [6.07, 6.45) is 0. The fourth-order valence-electron chi connectivity index (χ4n) is 11.8. The maximum Gasteiger partial charge on any atom is 0.0726 e. The van der Waals surface area contributed by atoms with Crippen LogP contribution in [0.25, 0.3) is 82.8 Å². The molecule has 0 fully saturated rings. The summed E-state index contributed by atoms with van der Waals surface area (Å²) in [6.45, 7) is 0. The third kappa shape index (κ3) is 5.45. The molecule has 0 radical (unpaired) electrons. The highest BCUT2D eigenvalue weighted by atomic mass is 15.1. The van der Waals surface area contributed by atoms with E-state index in [0.29, 0.717) is 0 Å². The molecule has 0 N–H and O–H groups in total. The average Bonchev–Trinajstić information content (AvgIpc) is 4.00. The molecule has 2 aliphatic carbocycles. The lowest BCUT2D eigenvalue weighted by Crippen LogP contribution is -2.26. The number of nitrogens with zero attached hydrogens (tertiary/aromatic N) is 2. The minimum atomic E-state index is -0.447. The molecular formula is C65H42N2. The molecule has 11 aromatic carbocycles. The van der Waals surface area contributed by atoms with Crippen molar-refractivity contribution in [3.63, 3.8) is 0 Å². The molecule has 0 aliphatic heterocycles. The molecule has 1 spiro atoms. The molecule has 1 aromatic heterocycles. The molecule has 14 rings (SSSR count). The molecule has 12 aromatic rings. The molecule has 0 unspecified atom stereocenters. The van der Waals surface area contributed by atoms with Crippen LogP contribution >= 0.6 is 0 Å². The first-order chi connectivity index (χ1) is 33.3. The van der Waals surface area contributed by atoms with Gasteiger partial charge in [0.2, 0.25) is 0 Å². The predicted molar refractivity (Wildman–Crippen MR) is 280 cm³/mol. The largest absolute Gasteiger partial charge is 0.310 e. The number of fused-ring (bicyclic) bond motifs is 14. The van der Waals surface area contributed by atoms with Gasteiger partial charge in [-0.15, -0.1) is 0 Å². The van der Waals surface area contributed by atoms with Crippen molar-refractivity contribution in [2.24, 2.45) is 0 Å². The molecule has 2 nitrogen and oxygen atoms in total. The molecule has 0 saturated heterocycles. The topological polar surface area (TPSA) is 8.17 Å². The van der Waals surface area contributed by atoms with Crippen molar-refractivity contribution in [2.75, 3.05) is 4.90 Å². The second kappa shape index (κ2) is 14.7. The van der Waals surface area contributed by atoms with Gasteiger partial charge in [-0.05, 0) is 127 Å². The minimum absolute atomic E-state index is 0.447. The Morgan fingerprint density at radius 3 is 1.58 bits per heavy atom. The highest BCUT2D eigenvalue weighted by Crippen LogP contribution is 2.63. The number of rotatable bonds is 6. The van der Waals surface area contributed by atoms with Gasteiger partial charge in [0.15, 0.2) is 0 Å². The minimum Gasteiger partial charge on any atom is -0.310 e. The zero-order chi connectivity index (χ0) is 44.1. The molecule has 0 amide bonds. The van der Waals surface area contributed by atoms with Gasteiger partial charge in [-0.3, -0.25) is 0 Å². The monoisotopic (exact) mass is 850 g/mol. The molecule has 1 heterocycles. The molecule has 67 heavy (non-hydrogen) atoms. The Labute approximate surface area is 389 Å². The quantitative estimate of drug-likeness (QED) is 0.162. The lowest BCUT2D eigenvalue weighted by atomic mass is 9.70. The summed E-state index contributed by atoms with van der Waals surface area (Å²) < 4.78 is 2.50. The number of anilines is 3. The number of benzene rings is 11. The highest BCUT2D eigenvalue weighted by molar-refractivity contribution is 6.11. The molecule has 0 atom stereocenters. The molecule has 2 heteroatoms. The number of hydrogen-bond donors (Lipinski definition) is 0. The summed E-state index contributed by atoms with van der Waals surface area (Å²) in [5.74, 6) is 0. The molecule has 0 bridgehead atoms. The first-order valence-corrected chi connectivity index (χ1v) is 23.3. The van der Waals surface area contributed by atoms with Crippen LogP contribution in [0.15, 0.2) is 255 Å². The van der Waals surface area contributed by atoms with Crippen LogP contribution in [0.5, 0.6) is 0 Å². The van der Waals surface area contributed by atoms with Crippen molar-refractivity contribution in [2.45, 2.75) is 5.41 Å². The van der Waals surface area contributed by atoms with Gasteiger partial charge in [-0.1, -0.05) is 200 Å². The van der Waals surface area contributed by atoms with Gasteiger partial charge in [-0.2, -0.15) is 0 Å². The van der Waals surface area contributed by atoms with Crippen molar-refractivity contribution in [3.8, 4) is 50.2 Å². The Morgan fingerprint density at radius 1 is 0.299 bits per heavy atom. The van der Waals surface area contributed by atoms with Crippen molar-refractivity contribution in [3.05, 3.63) is 277 Å². The van der Waals surface area contributed by atoms with E-state index in [9.17, 15) is 0 Å². The van der Waals surface area contributed by atoms with Gasteiger partial charge in [0.25, 0.3) is 0 Å². The van der Waals surface area contributed by atoms with Gasteiger partial charge < -0.3 is 9.47 Å². The lowest BCUT2D eigenvalue weighted by molar-refractivity contribution is 0.793. The fraction of sp³-hybridized carbons (Fsp3) is 0.0154. The Kier molecular flexibility index (Phi) is 8.23. The van der Waals surface area contributed by atoms with Crippen molar-refractivity contribution < 1.29 is 0 Å². The maximum atomic E-state index is 2.50. The summed E-state index contributed by atoms with van der Waals surface area (Å²) in [6, 6.07) is 94.4. The van der Waals surface area contributed by atoms with E-state index in [1.807, 2.05) is 0 Å². The zero-order valence-electron chi connectivity index (χ0n) is 36.6. The van der Waals surface area contributed by atoms with Crippen LogP contribution in [0, 0.1) is 0 Å². The van der Waals surface area contributed by atoms with Crippen molar-refractivity contribution in [1.82, 2.24) is 4.57 Å². The summed E-state index contributed by atoms with van der Waals surface area (Å²) in [4.78, 5) is 2.45. The zero-order valence-corrected chi connectivity index (χ0v) is 36.6. The van der Waals surface area contributed by atoms with E-state index in [2.05, 4.69) is 264 Å². The van der Waals surface area contributed by atoms with Gasteiger partial charge >= 0.3 is 0 Å². The number of hydrogen-bond acceptors (Lipinski definition) is 1. The Morgan fingerprint density at radius 2 is 0.851 bits per heavy atom. The van der Waals surface area contributed by atoms with E-state index >= 15 is 0 Å². The van der Waals surface area contributed by atoms with E-state index in [1.165, 1.54) is 93.8 Å². The van der Waals surface area contributed by atoms with Crippen LogP contribution in [0.1, 0.15) is 22.3 Å². The highest BCUT2D eigenvalue weighted by Gasteiger charge is 2.51. The number of aromatic nitrogens is 1. The van der Waals surface area contributed by atoms with E-state index in [-0.39, 0.29) is 0 Å². The first-order valence-electron chi connectivity index (χ1n) is 23.3. The smallest absolute Gasteiger partial charge is 0.0726 e. The van der Waals surface area contributed by atoms with E-state index in [0.717, 1.165) is 28.3 Å². The van der Waals surface area contributed by atoms with Gasteiger partial charge in [0, 0.05) is 33.4 Å². The molecular weight excluding hydrogens is 809 g/mol. The number of para-hydroxylation sites is 2. The summed E-state index contributed by atoms with van der Waals surface area (Å²) in [5, 5.41) is 4.91. The van der Waals surface area contributed by atoms with Gasteiger partial charge in [-0.25, -0.2) is 0 Å². The van der Waals surface area contributed by atoms with E-state index in [1.54, 1.807) is 0 Å². The van der Waals surface area contributed by atoms with Crippen LogP contribution < -0.4 is 4.90 Å². The normalized spacial score (nSPS) is 12.9. The van der Waals surface area contributed by atoms with Gasteiger partial charge in [0.1, 0.15) is 0 Å². The maximum absolute atomic E-state index is 2.50. The first kappa shape index (κ1) is 37.6. The van der Waals surface area contributed by atoms with Crippen LogP contribution in [0.4, 0.5) is 17.1 Å². The van der Waals surface area contributed by atoms with Gasteiger partial charge in [0.05, 0.1) is 22.1 Å². The Balaban J connectivity index is 1.02. The lowest BCUT2D eigenvalue weighted by Gasteiger charge is -2.32. The standard InChI is InChI=1S/C65H42N2/c1-3-19-44(20-4-1)64-50(46-35-34-43-18-7-8-21-45(43)40-46)28-17-33-62(64)67-61-32-16-12-27-55(61)56-39-37-49(42-63(56)67)66(47-22-5-2-6-23-47)48-36-38-54-53-26-11-15-31-59(53)65(60(54)41-48)57-29-13-9-24-51(57)52-25-10-14-30-58(52)65/h1-42H. The van der Waals surface area contributed by atoms with Crippen LogP contribution in [0.2, 0.25) is 0 Å². The summed E-state index contributed by atoms with van der Waals surface area (Å²) in [7, 11) is 0. The van der Waals surface area contributed by atoms with Crippen LogP contribution in [-0.4, -0.2) is 4.57 Å². The van der Waals surface area contributed by atoms with E-state index < -0.39 is 5.41 Å². The third-order valence-electron chi connectivity index (χ3n) is 14.6. The average molecular weight is 851 g/mol. The SMILES string of the molecule is c1ccc(-c2c(-c3ccc4ccccc4c3)cccc2-n2c3ccccc3c3ccc(N(c4ccccc4)c4ccc5c(c4)C4(c6ccccc6-c6ccccc64)c4ccccc4-5)cc32)cc1. The second-order valence-corrected chi connectivity index (χ2v) is 18.0. The summed E-state index contributed by atoms with van der Waals surface area (Å²) >= 11 is 0. The fourth-order valence-corrected chi connectivity index (χ4v) is 11.8. The second-order valence-electron chi connectivity index (χ2n) is 18.0.